The van der Waals surface area contributed by atoms with Crippen molar-refractivity contribution in [1.82, 2.24) is 5.32 Å². The van der Waals surface area contributed by atoms with E-state index in [1.165, 1.54) is 0 Å². The molecule has 0 aliphatic heterocycles. The molecule has 19 heavy (non-hydrogen) atoms. The van der Waals surface area contributed by atoms with Crippen LogP contribution in [0, 0.1) is 17.8 Å². The van der Waals surface area contributed by atoms with E-state index in [1.54, 1.807) is 0 Å². The number of ether oxygens (including phenoxy) is 1. The van der Waals surface area contributed by atoms with Crippen molar-refractivity contribution in [3.63, 3.8) is 0 Å². The maximum absolute atomic E-state index is 12.0. The number of rotatable bonds is 7. The first-order valence-electron chi connectivity index (χ1n) is 7.61. The molecule has 0 spiro atoms. The first-order valence-corrected chi connectivity index (χ1v) is 7.61. The molecule has 0 aromatic heterocycles. The molecule has 0 radical (unpaired) electrons. The number of carbonyl (C=O) groups excluding carboxylic acids is 1. The molecule has 4 heteroatoms. The molecule has 3 unspecified atom stereocenters. The minimum Gasteiger partial charge on any atom is -0.381 e. The Morgan fingerprint density at radius 3 is 2.79 bits per heavy atom. The van der Waals surface area contributed by atoms with E-state index in [2.05, 4.69) is 26.1 Å². The zero-order chi connectivity index (χ0) is 14.3. The van der Waals surface area contributed by atoms with E-state index in [9.17, 15) is 4.79 Å². The Hall–Kier alpha value is -0.610. The van der Waals surface area contributed by atoms with E-state index in [0.29, 0.717) is 18.4 Å². The van der Waals surface area contributed by atoms with Crippen molar-refractivity contribution >= 4 is 5.91 Å². The van der Waals surface area contributed by atoms with Crippen LogP contribution in [0.1, 0.15) is 46.5 Å². The Balaban J connectivity index is 2.08. The Morgan fingerprint density at radius 2 is 2.16 bits per heavy atom. The van der Waals surface area contributed by atoms with Gasteiger partial charge in [-0.1, -0.05) is 20.8 Å². The summed E-state index contributed by atoms with van der Waals surface area (Å²) in [6.45, 7) is 8.66. The lowest BCUT2D eigenvalue weighted by Gasteiger charge is -2.31. The van der Waals surface area contributed by atoms with Gasteiger partial charge in [0.15, 0.2) is 0 Å². The van der Waals surface area contributed by atoms with E-state index in [4.69, 9.17) is 10.5 Å². The normalized spacial score (nSPS) is 27.5. The number of hydrogen-bond acceptors (Lipinski definition) is 3. The van der Waals surface area contributed by atoms with Crippen molar-refractivity contribution in [3.05, 3.63) is 0 Å². The zero-order valence-electron chi connectivity index (χ0n) is 12.7. The largest absolute Gasteiger partial charge is 0.381 e. The molecule has 1 rings (SSSR count). The lowest BCUT2D eigenvalue weighted by atomic mass is 9.79. The van der Waals surface area contributed by atoms with Crippen molar-refractivity contribution in [2.45, 2.75) is 52.5 Å². The molecule has 1 aliphatic carbocycles. The number of nitrogens with two attached hydrogens (primary N) is 1. The molecule has 3 atom stereocenters. The van der Waals surface area contributed by atoms with Crippen molar-refractivity contribution in [1.29, 1.82) is 0 Å². The summed E-state index contributed by atoms with van der Waals surface area (Å²) in [5.41, 5.74) is 6.03. The van der Waals surface area contributed by atoms with E-state index in [-0.39, 0.29) is 17.9 Å². The standard InChI is InChI=1S/C15H30N2O2/c1-11(2)10-19-8-4-7-17-15(18)13-6-5-12(3)14(16)9-13/h11-14H,4-10,16H2,1-3H3,(H,17,18). The van der Waals surface area contributed by atoms with E-state index >= 15 is 0 Å². The van der Waals surface area contributed by atoms with Crippen LogP contribution in [0.2, 0.25) is 0 Å². The molecule has 112 valence electrons. The summed E-state index contributed by atoms with van der Waals surface area (Å²) in [5.74, 6) is 1.41. The molecule has 1 aliphatic rings. The molecule has 4 nitrogen and oxygen atoms in total. The summed E-state index contributed by atoms with van der Waals surface area (Å²) < 4.78 is 5.48. The highest BCUT2D eigenvalue weighted by Gasteiger charge is 2.29. The number of carbonyl (C=O) groups is 1. The molecule has 1 saturated carbocycles. The molecule has 0 saturated heterocycles. The molecule has 1 amide bonds. The molecule has 3 N–H and O–H groups in total. The van der Waals surface area contributed by atoms with Gasteiger partial charge in [0.25, 0.3) is 0 Å². The number of amides is 1. The SMILES string of the molecule is CC(C)COCCCNC(=O)C1CCC(C)C(N)C1. The Bertz CT molecular complexity index is 269. The van der Waals surface area contributed by atoms with Gasteiger partial charge < -0.3 is 15.8 Å². The summed E-state index contributed by atoms with van der Waals surface area (Å²) in [7, 11) is 0. The van der Waals surface area contributed by atoms with Gasteiger partial charge in [-0.05, 0) is 37.5 Å². The minimum absolute atomic E-state index is 0.114. The van der Waals surface area contributed by atoms with E-state index < -0.39 is 0 Å². The fourth-order valence-electron chi connectivity index (χ4n) is 2.44. The minimum atomic E-state index is 0.114. The van der Waals surface area contributed by atoms with Crippen LogP contribution >= 0.6 is 0 Å². The van der Waals surface area contributed by atoms with Gasteiger partial charge in [-0.15, -0.1) is 0 Å². The van der Waals surface area contributed by atoms with Crippen LogP contribution in [0.15, 0.2) is 0 Å². The highest BCUT2D eigenvalue weighted by Crippen LogP contribution is 2.27. The first kappa shape index (κ1) is 16.4. The molecule has 0 aromatic carbocycles. The van der Waals surface area contributed by atoms with Crippen LogP contribution in [0.5, 0.6) is 0 Å². The summed E-state index contributed by atoms with van der Waals surface area (Å²) in [4.78, 5) is 12.0. The summed E-state index contributed by atoms with van der Waals surface area (Å²) in [6, 6.07) is 0.180. The summed E-state index contributed by atoms with van der Waals surface area (Å²) in [5, 5.41) is 3.00. The zero-order valence-corrected chi connectivity index (χ0v) is 12.7. The van der Waals surface area contributed by atoms with E-state index in [0.717, 1.165) is 38.9 Å². The lowest BCUT2D eigenvalue weighted by Crippen LogP contribution is -2.41. The molecule has 0 aromatic rings. The van der Waals surface area contributed by atoms with Crippen LogP contribution in [-0.2, 0) is 9.53 Å². The lowest BCUT2D eigenvalue weighted by molar-refractivity contribution is -0.126. The molecular weight excluding hydrogens is 240 g/mol. The smallest absolute Gasteiger partial charge is 0.223 e. The average molecular weight is 270 g/mol. The van der Waals surface area contributed by atoms with Gasteiger partial charge in [0.1, 0.15) is 0 Å². The molecule has 0 bridgehead atoms. The predicted octanol–water partition coefficient (Wildman–Crippen LogP) is 1.93. The highest BCUT2D eigenvalue weighted by atomic mass is 16.5. The molecule has 0 heterocycles. The Labute approximate surface area is 117 Å². The third-order valence-electron chi connectivity index (χ3n) is 3.84. The maximum atomic E-state index is 12.0. The summed E-state index contributed by atoms with van der Waals surface area (Å²) >= 11 is 0. The quantitative estimate of drug-likeness (QED) is 0.695. The topological polar surface area (TPSA) is 64.3 Å². The van der Waals surface area contributed by atoms with E-state index in [1.807, 2.05) is 0 Å². The Morgan fingerprint density at radius 1 is 1.42 bits per heavy atom. The van der Waals surface area contributed by atoms with Crippen molar-refractivity contribution in [3.8, 4) is 0 Å². The van der Waals surface area contributed by atoms with Crippen LogP contribution < -0.4 is 11.1 Å². The number of nitrogens with one attached hydrogen (secondary N) is 1. The summed E-state index contributed by atoms with van der Waals surface area (Å²) in [6.07, 6.45) is 3.76. The van der Waals surface area contributed by atoms with Crippen LogP contribution in [0.3, 0.4) is 0 Å². The second-order valence-corrected chi connectivity index (χ2v) is 6.26. The first-order chi connectivity index (χ1) is 9.00. The van der Waals surface area contributed by atoms with Crippen molar-refractivity contribution in [2.75, 3.05) is 19.8 Å². The van der Waals surface area contributed by atoms with Gasteiger partial charge in [-0.25, -0.2) is 0 Å². The van der Waals surface area contributed by atoms with Gasteiger partial charge in [0, 0.05) is 31.7 Å². The fraction of sp³-hybridized carbons (Fsp3) is 0.933. The number of hydrogen-bond donors (Lipinski definition) is 2. The molecular formula is C15H30N2O2. The fourth-order valence-corrected chi connectivity index (χ4v) is 2.44. The van der Waals surface area contributed by atoms with Gasteiger partial charge in [0.05, 0.1) is 0 Å². The second kappa shape index (κ2) is 8.54. The van der Waals surface area contributed by atoms with Gasteiger partial charge >= 0.3 is 0 Å². The van der Waals surface area contributed by atoms with Crippen LogP contribution in [0.4, 0.5) is 0 Å². The van der Waals surface area contributed by atoms with Crippen LogP contribution in [0.25, 0.3) is 0 Å². The van der Waals surface area contributed by atoms with Gasteiger partial charge in [-0.3, -0.25) is 4.79 Å². The van der Waals surface area contributed by atoms with Gasteiger partial charge in [-0.2, -0.15) is 0 Å². The second-order valence-electron chi connectivity index (χ2n) is 6.26. The monoisotopic (exact) mass is 270 g/mol. The predicted molar refractivity (Wildman–Crippen MR) is 77.8 cm³/mol. The van der Waals surface area contributed by atoms with Crippen molar-refractivity contribution < 1.29 is 9.53 Å². The average Bonchev–Trinajstić information content (AvgIpc) is 2.36. The Kier molecular flexibility index (Phi) is 7.39. The highest BCUT2D eigenvalue weighted by molar-refractivity contribution is 5.78. The van der Waals surface area contributed by atoms with Crippen molar-refractivity contribution in [2.24, 2.45) is 23.5 Å². The third kappa shape index (κ3) is 6.39. The van der Waals surface area contributed by atoms with Gasteiger partial charge in [0.2, 0.25) is 5.91 Å². The molecule has 1 fully saturated rings. The maximum Gasteiger partial charge on any atom is 0.223 e. The third-order valence-corrected chi connectivity index (χ3v) is 3.84. The van der Waals surface area contributed by atoms with Crippen LogP contribution in [-0.4, -0.2) is 31.7 Å².